The van der Waals surface area contributed by atoms with Gasteiger partial charge in [-0.25, -0.2) is 4.52 Å². The van der Waals surface area contributed by atoms with E-state index < -0.39 is 0 Å². The van der Waals surface area contributed by atoms with Gasteiger partial charge < -0.3 is 10.6 Å². The maximum absolute atomic E-state index is 13.8. The monoisotopic (exact) mass is 427 g/mol. The van der Waals surface area contributed by atoms with Crippen LogP contribution in [0.25, 0.3) is 11.3 Å². The number of amides is 1. The topological polar surface area (TPSA) is 80.4 Å². The van der Waals surface area contributed by atoms with Crippen LogP contribution < -0.4 is 16.2 Å². The minimum atomic E-state index is -0.159. The number of aromatic nitrogens is 3. The summed E-state index contributed by atoms with van der Waals surface area (Å²) in [5.74, 6) is -0.159. The molecule has 1 amide bonds. The van der Waals surface area contributed by atoms with Crippen molar-refractivity contribution in [2.75, 3.05) is 7.05 Å². The molecule has 3 heterocycles. The van der Waals surface area contributed by atoms with Gasteiger partial charge in [-0.15, -0.1) is 0 Å². The molecule has 1 aliphatic heterocycles. The van der Waals surface area contributed by atoms with Gasteiger partial charge in [0.25, 0.3) is 11.5 Å². The third-order valence-electron chi connectivity index (χ3n) is 6.07. The number of rotatable bonds is 4. The van der Waals surface area contributed by atoms with Gasteiger partial charge in [-0.3, -0.25) is 14.2 Å². The molecule has 1 aliphatic rings. The highest BCUT2D eigenvalue weighted by atomic mass is 16.1. The van der Waals surface area contributed by atoms with Gasteiger partial charge in [-0.2, -0.15) is 5.10 Å². The Morgan fingerprint density at radius 1 is 1.16 bits per heavy atom. The standard InChI is InChI=1S/C25H25N5O2/c1-16-12-21-22(15-27-16)30-24(19(14-28-30)13-17-6-4-3-5-7-17)29(25(21)32)20-10-8-18(9-11-20)23(31)26-2/h3-11,14,16,27H,12-13,15H2,1-2H3,(H,26,31). The molecule has 2 aromatic heterocycles. The summed E-state index contributed by atoms with van der Waals surface area (Å²) in [5.41, 5.74) is 5.84. The quantitative estimate of drug-likeness (QED) is 0.524. The third-order valence-corrected chi connectivity index (χ3v) is 6.07. The van der Waals surface area contributed by atoms with Crippen molar-refractivity contribution in [3.05, 3.63) is 99.1 Å². The first-order chi connectivity index (χ1) is 15.6. The van der Waals surface area contributed by atoms with E-state index in [0.717, 1.165) is 33.7 Å². The molecule has 0 aliphatic carbocycles. The van der Waals surface area contributed by atoms with Crippen LogP contribution in [0.2, 0.25) is 0 Å². The zero-order valence-electron chi connectivity index (χ0n) is 18.1. The first-order valence-electron chi connectivity index (χ1n) is 10.8. The molecule has 2 aromatic carbocycles. The van der Waals surface area contributed by atoms with Gasteiger partial charge in [0.15, 0.2) is 0 Å². The molecule has 0 bridgehead atoms. The van der Waals surface area contributed by atoms with Gasteiger partial charge in [0.2, 0.25) is 0 Å². The van der Waals surface area contributed by atoms with E-state index in [1.165, 1.54) is 0 Å². The Kier molecular flexibility index (Phi) is 5.11. The maximum Gasteiger partial charge on any atom is 0.261 e. The Morgan fingerprint density at radius 3 is 2.62 bits per heavy atom. The minimum Gasteiger partial charge on any atom is -0.355 e. The summed E-state index contributed by atoms with van der Waals surface area (Å²) in [4.78, 5) is 25.7. The smallest absolute Gasteiger partial charge is 0.261 e. The van der Waals surface area contributed by atoms with Crippen LogP contribution in [-0.4, -0.2) is 33.2 Å². The number of hydrogen-bond donors (Lipinski definition) is 2. The SMILES string of the molecule is CNC(=O)c1ccc(-n2c(=O)c3c(n4ncc(Cc5ccccc5)c24)CNC(C)C3)cc1. The predicted molar refractivity (Wildman–Crippen MR) is 123 cm³/mol. The molecule has 0 spiro atoms. The molecule has 0 radical (unpaired) electrons. The van der Waals surface area contributed by atoms with Gasteiger partial charge in [0.1, 0.15) is 5.65 Å². The first-order valence-corrected chi connectivity index (χ1v) is 10.8. The second-order valence-electron chi connectivity index (χ2n) is 8.25. The van der Waals surface area contributed by atoms with E-state index in [-0.39, 0.29) is 17.5 Å². The van der Waals surface area contributed by atoms with Crippen LogP contribution in [0.1, 0.15) is 39.7 Å². The van der Waals surface area contributed by atoms with Gasteiger partial charge in [-0.1, -0.05) is 30.3 Å². The zero-order chi connectivity index (χ0) is 22.2. The number of nitrogens with one attached hydrogen (secondary N) is 2. The Bertz CT molecular complexity index is 1350. The highest BCUT2D eigenvalue weighted by Gasteiger charge is 2.25. The number of nitrogens with zero attached hydrogens (tertiary/aromatic N) is 3. The number of fused-ring (bicyclic) bond motifs is 3. The summed E-state index contributed by atoms with van der Waals surface area (Å²) in [6, 6.07) is 17.5. The van der Waals surface area contributed by atoms with Gasteiger partial charge in [0.05, 0.1) is 17.6 Å². The van der Waals surface area contributed by atoms with E-state index in [4.69, 9.17) is 5.10 Å². The molecule has 0 saturated heterocycles. The number of carbonyl (C=O) groups excluding carboxylic acids is 1. The highest BCUT2D eigenvalue weighted by molar-refractivity contribution is 5.94. The lowest BCUT2D eigenvalue weighted by atomic mass is 10.0. The van der Waals surface area contributed by atoms with Crippen molar-refractivity contribution < 1.29 is 4.79 Å². The molecule has 32 heavy (non-hydrogen) atoms. The van der Waals surface area contributed by atoms with Crippen molar-refractivity contribution >= 4 is 11.6 Å². The average molecular weight is 428 g/mol. The second-order valence-corrected chi connectivity index (χ2v) is 8.25. The fraction of sp³-hybridized carbons (Fsp3) is 0.240. The lowest BCUT2D eigenvalue weighted by Crippen LogP contribution is -2.40. The number of hydrogen-bond acceptors (Lipinski definition) is 4. The summed E-state index contributed by atoms with van der Waals surface area (Å²) in [6.45, 7) is 2.68. The van der Waals surface area contributed by atoms with Gasteiger partial charge >= 0.3 is 0 Å². The molecule has 0 saturated carbocycles. The average Bonchev–Trinajstić information content (AvgIpc) is 3.23. The van der Waals surface area contributed by atoms with E-state index >= 15 is 0 Å². The predicted octanol–water partition coefficient (Wildman–Crippen LogP) is 2.47. The summed E-state index contributed by atoms with van der Waals surface area (Å²) in [5, 5.41) is 10.8. The van der Waals surface area contributed by atoms with Crippen molar-refractivity contribution in [3.8, 4) is 5.69 Å². The molecule has 162 valence electrons. The molecule has 7 heteroatoms. The van der Waals surface area contributed by atoms with Crippen molar-refractivity contribution in [3.63, 3.8) is 0 Å². The van der Waals surface area contributed by atoms with Crippen molar-refractivity contribution in [1.29, 1.82) is 0 Å². The highest BCUT2D eigenvalue weighted by Crippen LogP contribution is 2.23. The Balaban J connectivity index is 1.74. The van der Waals surface area contributed by atoms with E-state index in [9.17, 15) is 9.59 Å². The van der Waals surface area contributed by atoms with Crippen molar-refractivity contribution in [2.45, 2.75) is 32.4 Å². The van der Waals surface area contributed by atoms with Crippen LogP contribution in [0, 0.1) is 0 Å². The molecule has 2 N–H and O–H groups in total. The Labute approximate surface area is 185 Å². The lowest BCUT2D eigenvalue weighted by molar-refractivity contribution is 0.0963. The van der Waals surface area contributed by atoms with Crippen molar-refractivity contribution in [2.24, 2.45) is 0 Å². The molecule has 0 fully saturated rings. The van der Waals surface area contributed by atoms with E-state index in [2.05, 4.69) is 29.7 Å². The number of carbonyl (C=O) groups is 1. The summed E-state index contributed by atoms with van der Waals surface area (Å²) in [6.07, 6.45) is 3.17. The summed E-state index contributed by atoms with van der Waals surface area (Å²) >= 11 is 0. The third kappa shape index (κ3) is 3.40. The van der Waals surface area contributed by atoms with E-state index in [1.807, 2.05) is 41.0 Å². The maximum atomic E-state index is 13.8. The Morgan fingerprint density at radius 2 is 1.91 bits per heavy atom. The van der Waals surface area contributed by atoms with E-state index in [1.54, 1.807) is 23.7 Å². The van der Waals surface area contributed by atoms with Crippen LogP contribution in [0.15, 0.2) is 65.6 Å². The van der Waals surface area contributed by atoms with Crippen LogP contribution in [-0.2, 0) is 19.4 Å². The van der Waals surface area contributed by atoms with Gasteiger partial charge in [0, 0.05) is 42.7 Å². The largest absolute Gasteiger partial charge is 0.355 e. The molecule has 4 aromatic rings. The van der Waals surface area contributed by atoms with E-state index in [0.29, 0.717) is 24.9 Å². The van der Waals surface area contributed by atoms with Crippen molar-refractivity contribution in [1.82, 2.24) is 24.8 Å². The summed E-state index contributed by atoms with van der Waals surface area (Å²) in [7, 11) is 1.60. The molecule has 1 unspecified atom stereocenters. The molecule has 1 atom stereocenters. The van der Waals surface area contributed by atoms with Crippen LogP contribution >= 0.6 is 0 Å². The lowest BCUT2D eigenvalue weighted by Gasteiger charge is -2.25. The fourth-order valence-corrected chi connectivity index (χ4v) is 4.42. The van der Waals surface area contributed by atoms with Crippen LogP contribution in [0.3, 0.4) is 0 Å². The molecular weight excluding hydrogens is 402 g/mol. The molecule has 7 nitrogen and oxygen atoms in total. The van der Waals surface area contributed by atoms with Crippen LogP contribution in [0.4, 0.5) is 0 Å². The minimum absolute atomic E-state index is 0.0247. The second kappa shape index (κ2) is 8.09. The fourth-order valence-electron chi connectivity index (χ4n) is 4.42. The normalized spacial score (nSPS) is 15.5. The Hall–Kier alpha value is -3.71. The first kappa shape index (κ1) is 20.2. The molecule has 5 rings (SSSR count). The zero-order valence-corrected chi connectivity index (χ0v) is 18.1. The number of benzene rings is 2. The molecular formula is C25H25N5O2. The van der Waals surface area contributed by atoms with Crippen LogP contribution in [0.5, 0.6) is 0 Å². The summed E-state index contributed by atoms with van der Waals surface area (Å²) < 4.78 is 3.65. The van der Waals surface area contributed by atoms with Gasteiger partial charge in [-0.05, 0) is 43.2 Å².